The van der Waals surface area contributed by atoms with Gasteiger partial charge in [-0.15, -0.1) is 0 Å². The van der Waals surface area contributed by atoms with E-state index in [-0.39, 0.29) is 17.7 Å². The van der Waals surface area contributed by atoms with Crippen LogP contribution in [-0.4, -0.2) is 21.9 Å². The second-order valence-electron chi connectivity index (χ2n) is 4.98. The number of non-ortho nitro benzene ring substituents is 1. The van der Waals surface area contributed by atoms with Gasteiger partial charge in [-0.1, -0.05) is 12.1 Å². The fourth-order valence-electron chi connectivity index (χ4n) is 2.10. The first-order valence-corrected chi connectivity index (χ1v) is 6.89. The number of nitro benzene ring substituents is 1. The zero-order valence-corrected chi connectivity index (χ0v) is 12.3. The van der Waals surface area contributed by atoms with E-state index in [4.69, 9.17) is 5.11 Å². The molecule has 0 aliphatic carbocycles. The zero-order valence-electron chi connectivity index (χ0n) is 12.3. The number of nitrogens with one attached hydrogen (secondary N) is 1. The van der Waals surface area contributed by atoms with Gasteiger partial charge in [0.1, 0.15) is 5.82 Å². The van der Waals surface area contributed by atoms with Crippen LogP contribution in [0.25, 0.3) is 0 Å². The third-order valence-corrected chi connectivity index (χ3v) is 3.30. The maximum atomic E-state index is 13.0. The third kappa shape index (κ3) is 4.35. The van der Waals surface area contributed by atoms with E-state index in [1.165, 1.54) is 48.5 Å². The first-order chi connectivity index (χ1) is 11.4. The minimum Gasteiger partial charge on any atom is -0.481 e. The van der Waals surface area contributed by atoms with E-state index in [0.717, 1.165) is 0 Å². The number of benzene rings is 2. The molecule has 0 aliphatic rings. The highest BCUT2D eigenvalue weighted by Gasteiger charge is 2.19. The van der Waals surface area contributed by atoms with Crippen molar-refractivity contribution in [2.45, 2.75) is 12.5 Å². The van der Waals surface area contributed by atoms with Crippen LogP contribution in [0.2, 0.25) is 0 Å². The second kappa shape index (κ2) is 7.32. The van der Waals surface area contributed by atoms with Crippen LogP contribution in [-0.2, 0) is 4.79 Å². The number of carboxylic acid groups (broad SMARTS) is 1. The average Bonchev–Trinajstić information content (AvgIpc) is 2.54. The van der Waals surface area contributed by atoms with Crippen molar-refractivity contribution in [3.63, 3.8) is 0 Å². The van der Waals surface area contributed by atoms with Crippen LogP contribution in [0, 0.1) is 15.9 Å². The predicted molar refractivity (Wildman–Crippen MR) is 82.0 cm³/mol. The van der Waals surface area contributed by atoms with Crippen LogP contribution in [0.15, 0.2) is 48.5 Å². The Morgan fingerprint density at radius 2 is 1.71 bits per heavy atom. The SMILES string of the molecule is O=C(O)C[C@H](NC(=O)c1ccc([N+](=O)[O-])cc1)c1ccc(F)cc1. The molecule has 0 saturated heterocycles. The van der Waals surface area contributed by atoms with Crippen molar-refractivity contribution in [2.24, 2.45) is 0 Å². The van der Waals surface area contributed by atoms with E-state index in [9.17, 15) is 24.1 Å². The van der Waals surface area contributed by atoms with E-state index in [1.807, 2.05) is 0 Å². The molecule has 2 N–H and O–H groups in total. The molecule has 0 saturated carbocycles. The molecule has 7 nitrogen and oxygen atoms in total. The van der Waals surface area contributed by atoms with Crippen molar-refractivity contribution in [3.05, 3.63) is 75.6 Å². The molecular weight excluding hydrogens is 319 g/mol. The van der Waals surface area contributed by atoms with Gasteiger partial charge in [0.2, 0.25) is 0 Å². The quantitative estimate of drug-likeness (QED) is 0.624. The molecule has 8 heteroatoms. The van der Waals surface area contributed by atoms with Crippen LogP contribution in [0.5, 0.6) is 0 Å². The lowest BCUT2D eigenvalue weighted by Gasteiger charge is -2.17. The van der Waals surface area contributed by atoms with Gasteiger partial charge in [0, 0.05) is 17.7 Å². The Labute approximate surface area is 135 Å². The summed E-state index contributed by atoms with van der Waals surface area (Å²) < 4.78 is 13.0. The van der Waals surface area contributed by atoms with Gasteiger partial charge >= 0.3 is 5.97 Å². The molecule has 0 radical (unpaired) electrons. The normalized spacial score (nSPS) is 11.5. The molecule has 24 heavy (non-hydrogen) atoms. The van der Waals surface area contributed by atoms with E-state index in [1.54, 1.807) is 0 Å². The first-order valence-electron chi connectivity index (χ1n) is 6.89. The molecule has 1 amide bonds. The number of carbonyl (C=O) groups excluding carboxylic acids is 1. The van der Waals surface area contributed by atoms with Gasteiger partial charge in [-0.25, -0.2) is 4.39 Å². The van der Waals surface area contributed by atoms with Crippen molar-refractivity contribution in [1.82, 2.24) is 5.32 Å². The molecule has 0 aliphatic heterocycles. The summed E-state index contributed by atoms with van der Waals surface area (Å²) in [6.07, 6.45) is -0.385. The van der Waals surface area contributed by atoms with E-state index in [2.05, 4.69) is 5.32 Å². The summed E-state index contributed by atoms with van der Waals surface area (Å²) in [4.78, 5) is 33.2. The average molecular weight is 332 g/mol. The number of hydrogen-bond donors (Lipinski definition) is 2. The fraction of sp³-hybridized carbons (Fsp3) is 0.125. The van der Waals surface area contributed by atoms with Crippen molar-refractivity contribution in [2.75, 3.05) is 0 Å². The van der Waals surface area contributed by atoms with Crippen molar-refractivity contribution in [3.8, 4) is 0 Å². The molecule has 124 valence electrons. The molecule has 2 aromatic carbocycles. The number of halogens is 1. The highest BCUT2D eigenvalue weighted by Crippen LogP contribution is 2.19. The zero-order chi connectivity index (χ0) is 17.7. The molecule has 0 spiro atoms. The lowest BCUT2D eigenvalue weighted by Crippen LogP contribution is -2.30. The van der Waals surface area contributed by atoms with Crippen LogP contribution in [0.1, 0.15) is 28.4 Å². The summed E-state index contributed by atoms with van der Waals surface area (Å²) in [5.74, 6) is -2.19. The van der Waals surface area contributed by atoms with Crippen LogP contribution >= 0.6 is 0 Å². The lowest BCUT2D eigenvalue weighted by molar-refractivity contribution is -0.384. The third-order valence-electron chi connectivity index (χ3n) is 3.30. The first kappa shape index (κ1) is 17.1. The van der Waals surface area contributed by atoms with Crippen LogP contribution in [0.3, 0.4) is 0 Å². The molecule has 1 atom stereocenters. The molecule has 2 aromatic rings. The summed E-state index contributed by atoms with van der Waals surface area (Å²) >= 11 is 0. The molecule has 0 heterocycles. The Kier molecular flexibility index (Phi) is 5.20. The molecule has 0 aromatic heterocycles. The Bertz CT molecular complexity index is 759. The van der Waals surface area contributed by atoms with Gasteiger partial charge in [-0.2, -0.15) is 0 Å². The number of aliphatic carboxylic acids is 1. The van der Waals surface area contributed by atoms with E-state index in [0.29, 0.717) is 5.56 Å². The summed E-state index contributed by atoms with van der Waals surface area (Å²) in [7, 11) is 0. The number of nitrogens with zero attached hydrogens (tertiary/aromatic N) is 1. The van der Waals surface area contributed by atoms with E-state index < -0.39 is 28.7 Å². The highest BCUT2D eigenvalue weighted by atomic mass is 19.1. The predicted octanol–water partition coefficient (Wildman–Crippen LogP) is 2.68. The maximum Gasteiger partial charge on any atom is 0.305 e. The number of carbonyl (C=O) groups is 2. The number of amides is 1. The molecule has 0 bridgehead atoms. The Hall–Kier alpha value is -3.29. The molecular formula is C16H13FN2O5. The Morgan fingerprint density at radius 1 is 1.12 bits per heavy atom. The largest absolute Gasteiger partial charge is 0.481 e. The van der Waals surface area contributed by atoms with Crippen molar-refractivity contribution < 1.29 is 24.0 Å². The summed E-state index contributed by atoms with van der Waals surface area (Å²) in [6.45, 7) is 0. The van der Waals surface area contributed by atoms with Gasteiger partial charge < -0.3 is 10.4 Å². The lowest BCUT2D eigenvalue weighted by atomic mass is 10.0. The van der Waals surface area contributed by atoms with Gasteiger partial charge in [-0.05, 0) is 29.8 Å². The number of hydrogen-bond acceptors (Lipinski definition) is 4. The molecule has 2 rings (SSSR count). The minimum absolute atomic E-state index is 0.151. The standard InChI is InChI=1S/C16H13FN2O5/c17-12-5-1-10(2-6-12)14(9-15(20)21)18-16(22)11-3-7-13(8-4-11)19(23)24/h1-8,14H,9H2,(H,18,22)(H,20,21)/t14-/m0/s1. The van der Waals surface area contributed by atoms with Gasteiger partial charge in [0.05, 0.1) is 17.4 Å². The van der Waals surface area contributed by atoms with Crippen molar-refractivity contribution >= 4 is 17.6 Å². The minimum atomic E-state index is -1.13. The molecule has 0 unspecified atom stereocenters. The summed E-state index contributed by atoms with van der Waals surface area (Å²) in [5, 5.41) is 22.1. The molecule has 0 fully saturated rings. The maximum absolute atomic E-state index is 13.0. The van der Waals surface area contributed by atoms with Gasteiger partial charge in [-0.3, -0.25) is 19.7 Å². The Morgan fingerprint density at radius 3 is 2.21 bits per heavy atom. The second-order valence-corrected chi connectivity index (χ2v) is 4.98. The summed E-state index contributed by atoms with van der Waals surface area (Å²) in [6, 6.07) is 9.16. The number of nitro groups is 1. The number of carboxylic acids is 1. The van der Waals surface area contributed by atoms with Gasteiger partial charge in [0.15, 0.2) is 0 Å². The monoisotopic (exact) mass is 332 g/mol. The smallest absolute Gasteiger partial charge is 0.305 e. The highest BCUT2D eigenvalue weighted by molar-refractivity contribution is 5.94. The van der Waals surface area contributed by atoms with Crippen LogP contribution in [0.4, 0.5) is 10.1 Å². The van der Waals surface area contributed by atoms with Gasteiger partial charge in [0.25, 0.3) is 11.6 Å². The summed E-state index contributed by atoms with van der Waals surface area (Å²) in [5.41, 5.74) is 0.430. The Balaban J connectivity index is 2.18. The number of rotatable bonds is 6. The topological polar surface area (TPSA) is 110 Å². The van der Waals surface area contributed by atoms with E-state index >= 15 is 0 Å². The van der Waals surface area contributed by atoms with Crippen LogP contribution < -0.4 is 5.32 Å². The van der Waals surface area contributed by atoms with Crippen molar-refractivity contribution in [1.29, 1.82) is 0 Å². The fourth-order valence-corrected chi connectivity index (χ4v) is 2.10.